The molecule has 0 saturated carbocycles. The van der Waals surface area contributed by atoms with E-state index in [0.717, 1.165) is 25.9 Å². The van der Waals surface area contributed by atoms with E-state index in [4.69, 9.17) is 9.47 Å². The molecular weight excluding hydrogens is 352 g/mol. The maximum absolute atomic E-state index is 12.4. The third kappa shape index (κ3) is 7.07. The van der Waals surface area contributed by atoms with Crippen LogP contribution in [0.2, 0.25) is 0 Å². The molecule has 2 heterocycles. The van der Waals surface area contributed by atoms with E-state index in [-0.39, 0.29) is 5.91 Å². The van der Waals surface area contributed by atoms with Gasteiger partial charge in [0.25, 0.3) is 5.91 Å². The quantitative estimate of drug-likeness (QED) is 0.594. The molecule has 0 aromatic carbocycles. The number of nitrogens with one attached hydrogen (secondary N) is 1. The summed E-state index contributed by atoms with van der Waals surface area (Å²) >= 11 is 1.41. The normalized spacial score (nSPS) is 15.1. The molecular formula is C19H28N2O4S. The Bertz CT molecular complexity index is 628. The van der Waals surface area contributed by atoms with Crippen molar-refractivity contribution in [1.29, 1.82) is 0 Å². The van der Waals surface area contributed by atoms with Gasteiger partial charge in [-0.3, -0.25) is 4.79 Å². The molecule has 0 unspecified atom stereocenters. The fraction of sp³-hybridized carbons (Fsp3) is 0.579. The number of alkyl carbamates (subject to hydrolysis) is 1. The maximum atomic E-state index is 12.4. The highest BCUT2D eigenvalue weighted by Gasteiger charge is 2.19. The maximum Gasteiger partial charge on any atom is 0.407 e. The van der Waals surface area contributed by atoms with Gasteiger partial charge in [-0.1, -0.05) is 0 Å². The van der Waals surface area contributed by atoms with Crippen LogP contribution in [0.1, 0.15) is 56.1 Å². The fourth-order valence-electron chi connectivity index (χ4n) is 2.51. The van der Waals surface area contributed by atoms with Crippen LogP contribution in [0.3, 0.4) is 0 Å². The Morgan fingerprint density at radius 2 is 2.00 bits per heavy atom. The monoisotopic (exact) mass is 380 g/mol. The summed E-state index contributed by atoms with van der Waals surface area (Å²) in [6.07, 6.45) is 6.97. The third-order valence-electron chi connectivity index (χ3n) is 3.71. The predicted octanol–water partition coefficient (Wildman–Crippen LogP) is 4.18. The first-order chi connectivity index (χ1) is 12.3. The van der Waals surface area contributed by atoms with E-state index in [0.29, 0.717) is 23.6 Å². The lowest BCUT2D eigenvalue weighted by molar-refractivity contribution is 0.0528. The minimum Gasteiger partial charge on any atom is -0.464 e. The first kappa shape index (κ1) is 20.3. The summed E-state index contributed by atoms with van der Waals surface area (Å²) in [6, 6.07) is 1.78. The molecule has 1 aromatic rings. The zero-order chi connectivity index (χ0) is 19.0. The van der Waals surface area contributed by atoms with Crippen molar-refractivity contribution < 1.29 is 19.1 Å². The molecule has 2 rings (SSSR count). The minimum atomic E-state index is -0.495. The average Bonchev–Trinajstić information content (AvgIpc) is 3.05. The minimum absolute atomic E-state index is 0.0927. The summed E-state index contributed by atoms with van der Waals surface area (Å²) in [7, 11) is 0. The molecule has 1 saturated heterocycles. The van der Waals surface area contributed by atoms with Gasteiger partial charge in [0.2, 0.25) is 0 Å². The van der Waals surface area contributed by atoms with E-state index in [1.807, 2.05) is 37.1 Å². The van der Waals surface area contributed by atoms with Crippen molar-refractivity contribution in [3.63, 3.8) is 0 Å². The van der Waals surface area contributed by atoms with Gasteiger partial charge in [0.05, 0.1) is 11.1 Å². The number of ether oxygens (including phenoxy) is 2. The number of amides is 2. The van der Waals surface area contributed by atoms with Crippen molar-refractivity contribution in [3.8, 4) is 5.75 Å². The Hall–Kier alpha value is -2.02. The van der Waals surface area contributed by atoms with Crippen molar-refractivity contribution in [3.05, 3.63) is 28.7 Å². The molecule has 1 fully saturated rings. The molecule has 0 bridgehead atoms. The van der Waals surface area contributed by atoms with Crippen LogP contribution in [-0.2, 0) is 4.74 Å². The van der Waals surface area contributed by atoms with Crippen molar-refractivity contribution in [2.45, 2.75) is 52.1 Å². The second kappa shape index (κ2) is 9.62. The average molecular weight is 381 g/mol. The van der Waals surface area contributed by atoms with Crippen molar-refractivity contribution in [1.82, 2.24) is 10.2 Å². The number of nitrogens with zero attached hydrogens (tertiary/aromatic N) is 1. The number of thiophene rings is 1. The zero-order valence-corrected chi connectivity index (χ0v) is 16.6. The summed E-state index contributed by atoms with van der Waals surface area (Å²) in [6.45, 7) is 7.63. The molecule has 7 heteroatoms. The fourth-order valence-corrected chi connectivity index (χ4v) is 3.29. The van der Waals surface area contributed by atoms with Gasteiger partial charge < -0.3 is 19.7 Å². The molecule has 1 N–H and O–H groups in total. The Balaban J connectivity index is 1.68. The summed E-state index contributed by atoms with van der Waals surface area (Å²) in [5.41, 5.74) is -0.495. The van der Waals surface area contributed by atoms with Gasteiger partial charge in [0, 0.05) is 31.1 Å². The predicted molar refractivity (Wildman–Crippen MR) is 103 cm³/mol. The largest absolute Gasteiger partial charge is 0.464 e. The van der Waals surface area contributed by atoms with Gasteiger partial charge in [-0.15, -0.1) is 11.3 Å². The standard InChI is InChI=1S/C19H28N2O4S/c1-19(2,3)25-18(23)20-9-5-8-12-24-15-13-16(26-14-15)17(22)21-10-6-4-7-11-21/h8,12-14H,4-7,9-11H2,1-3H3,(H,20,23)/b12-8-. The summed E-state index contributed by atoms with van der Waals surface area (Å²) in [5.74, 6) is 0.752. The number of hydrogen-bond acceptors (Lipinski definition) is 5. The molecule has 144 valence electrons. The second-order valence-corrected chi connectivity index (χ2v) is 8.12. The number of hydrogen-bond donors (Lipinski definition) is 1. The number of carbonyl (C=O) groups excluding carboxylic acids is 2. The third-order valence-corrected chi connectivity index (χ3v) is 4.61. The highest BCUT2D eigenvalue weighted by atomic mass is 32.1. The van der Waals surface area contributed by atoms with Crippen LogP contribution in [0.15, 0.2) is 23.8 Å². The van der Waals surface area contributed by atoms with E-state index in [1.165, 1.54) is 17.8 Å². The van der Waals surface area contributed by atoms with E-state index in [9.17, 15) is 9.59 Å². The topological polar surface area (TPSA) is 67.9 Å². The number of rotatable bonds is 6. The smallest absolute Gasteiger partial charge is 0.407 e. The highest BCUT2D eigenvalue weighted by Crippen LogP contribution is 2.24. The number of carbonyl (C=O) groups is 2. The van der Waals surface area contributed by atoms with E-state index in [2.05, 4.69) is 5.32 Å². The molecule has 2 amide bonds. The number of likely N-dealkylation sites (tertiary alicyclic amines) is 1. The highest BCUT2D eigenvalue weighted by molar-refractivity contribution is 7.12. The lowest BCUT2D eigenvalue weighted by atomic mass is 10.1. The van der Waals surface area contributed by atoms with Crippen LogP contribution in [0, 0.1) is 0 Å². The Morgan fingerprint density at radius 3 is 2.69 bits per heavy atom. The van der Waals surface area contributed by atoms with Gasteiger partial charge in [0.1, 0.15) is 11.4 Å². The summed E-state index contributed by atoms with van der Waals surface area (Å²) in [5, 5.41) is 4.51. The van der Waals surface area contributed by atoms with Crippen molar-refractivity contribution >= 4 is 23.3 Å². The van der Waals surface area contributed by atoms with Gasteiger partial charge in [-0.2, -0.15) is 0 Å². The lowest BCUT2D eigenvalue weighted by Gasteiger charge is -2.26. The van der Waals surface area contributed by atoms with Crippen molar-refractivity contribution in [2.75, 3.05) is 19.6 Å². The molecule has 1 aliphatic rings. The molecule has 6 nitrogen and oxygen atoms in total. The Morgan fingerprint density at radius 1 is 1.27 bits per heavy atom. The van der Waals surface area contributed by atoms with Crippen LogP contribution < -0.4 is 10.1 Å². The molecule has 0 atom stereocenters. The Labute approximate surface area is 159 Å². The zero-order valence-electron chi connectivity index (χ0n) is 15.7. The van der Waals surface area contributed by atoms with Gasteiger partial charge in [-0.25, -0.2) is 4.79 Å². The van der Waals surface area contributed by atoms with Crippen LogP contribution in [0.25, 0.3) is 0 Å². The molecule has 0 spiro atoms. The first-order valence-corrected chi connectivity index (χ1v) is 9.89. The van der Waals surface area contributed by atoms with Crippen LogP contribution in [-0.4, -0.2) is 42.1 Å². The van der Waals surface area contributed by atoms with Crippen LogP contribution >= 0.6 is 11.3 Å². The van der Waals surface area contributed by atoms with Gasteiger partial charge >= 0.3 is 6.09 Å². The molecule has 1 aromatic heterocycles. The van der Waals surface area contributed by atoms with Crippen molar-refractivity contribution in [2.24, 2.45) is 0 Å². The van der Waals surface area contributed by atoms with Crippen LogP contribution in [0.4, 0.5) is 4.79 Å². The number of piperidine rings is 1. The van der Waals surface area contributed by atoms with Gasteiger partial charge in [0.15, 0.2) is 0 Å². The van der Waals surface area contributed by atoms with E-state index < -0.39 is 11.7 Å². The molecule has 0 radical (unpaired) electrons. The lowest BCUT2D eigenvalue weighted by Crippen LogP contribution is -2.35. The van der Waals surface area contributed by atoms with E-state index >= 15 is 0 Å². The van der Waals surface area contributed by atoms with Crippen LogP contribution in [0.5, 0.6) is 5.75 Å². The molecule has 1 aliphatic heterocycles. The summed E-state index contributed by atoms with van der Waals surface area (Å²) < 4.78 is 10.7. The molecule has 0 aliphatic carbocycles. The first-order valence-electron chi connectivity index (χ1n) is 9.01. The SMILES string of the molecule is CC(C)(C)OC(=O)NCC/C=C\Oc1csc(C(=O)N2CCCCC2)c1. The summed E-state index contributed by atoms with van der Waals surface area (Å²) in [4.78, 5) is 26.5. The van der Waals surface area contributed by atoms with Gasteiger partial charge in [-0.05, 0) is 52.5 Å². The Kier molecular flexibility index (Phi) is 7.50. The second-order valence-electron chi connectivity index (χ2n) is 7.21. The van der Waals surface area contributed by atoms with E-state index in [1.54, 1.807) is 12.3 Å². The molecule has 26 heavy (non-hydrogen) atoms.